The fourth-order valence-electron chi connectivity index (χ4n) is 10.3. The molecule has 336 valence electrons. The average molecular weight is 869 g/mol. The maximum atomic E-state index is 13.7. The number of carbonyl (C=O) groups excluding carboxylic acids is 4. The van der Waals surface area contributed by atoms with Gasteiger partial charge in [0.15, 0.2) is 0 Å². The Kier molecular flexibility index (Phi) is 14.1. The van der Waals surface area contributed by atoms with Gasteiger partial charge in [-0.1, -0.05) is 97.1 Å². The first-order chi connectivity index (χ1) is 31.3. The first-order valence-corrected chi connectivity index (χ1v) is 23.3. The summed E-state index contributed by atoms with van der Waals surface area (Å²) in [5.41, 5.74) is 9.11. The molecule has 12 heteroatoms. The molecule has 0 aromatic heterocycles. The molecule has 1 aliphatic heterocycles. The summed E-state index contributed by atoms with van der Waals surface area (Å²) in [6, 6.07) is 32.5. The quantitative estimate of drug-likeness (QED) is 0.121. The maximum Gasteiger partial charge on any atom is 0.320 e. The number of rotatable bonds is 12. The van der Waals surface area contributed by atoms with E-state index in [1.54, 1.807) is 0 Å². The zero-order valence-corrected chi connectivity index (χ0v) is 36.7. The third-order valence-corrected chi connectivity index (χ3v) is 13.7. The van der Waals surface area contributed by atoms with Crippen LogP contribution in [0.3, 0.4) is 0 Å². The van der Waals surface area contributed by atoms with Crippen molar-refractivity contribution in [1.82, 2.24) is 19.6 Å². The summed E-state index contributed by atoms with van der Waals surface area (Å²) in [5, 5.41) is 0. The van der Waals surface area contributed by atoms with E-state index in [0.717, 1.165) is 73.6 Å². The fraction of sp³-hybridized carbons (Fsp3) is 0.462. The molecule has 0 saturated carbocycles. The van der Waals surface area contributed by atoms with Crippen molar-refractivity contribution >= 4 is 23.9 Å². The van der Waals surface area contributed by atoms with Crippen molar-refractivity contribution in [3.05, 3.63) is 142 Å². The van der Waals surface area contributed by atoms with E-state index < -0.39 is 0 Å². The number of fused-ring (bicyclic) bond motifs is 4. The monoisotopic (exact) mass is 868 g/mol. The lowest BCUT2D eigenvalue weighted by Crippen LogP contribution is -2.49. The van der Waals surface area contributed by atoms with Crippen LogP contribution in [0.15, 0.2) is 97.1 Å². The lowest BCUT2D eigenvalue weighted by atomic mass is 10.1. The molecule has 4 atom stereocenters. The summed E-state index contributed by atoms with van der Waals surface area (Å²) in [4.78, 5) is 63.1. The van der Waals surface area contributed by atoms with Gasteiger partial charge in [0.05, 0.1) is 26.2 Å². The van der Waals surface area contributed by atoms with Crippen LogP contribution in [0, 0.1) is 0 Å². The number of hydrogen-bond acceptors (Lipinski definition) is 12. The van der Waals surface area contributed by atoms with Crippen molar-refractivity contribution in [3.63, 3.8) is 0 Å². The van der Waals surface area contributed by atoms with Gasteiger partial charge in [0.2, 0.25) is 0 Å². The van der Waals surface area contributed by atoms with Gasteiger partial charge in [-0.25, -0.2) is 0 Å². The molecule has 0 amide bonds. The van der Waals surface area contributed by atoms with Crippen molar-refractivity contribution in [2.45, 2.75) is 75.8 Å². The number of ether oxygens (including phenoxy) is 4. The highest BCUT2D eigenvalue weighted by Crippen LogP contribution is 2.37. The number of nitrogens with zero attached hydrogens (tertiary/aromatic N) is 4. The Morgan fingerprint density at radius 1 is 0.344 bits per heavy atom. The molecule has 1 fully saturated rings. The molecule has 0 N–H and O–H groups in total. The van der Waals surface area contributed by atoms with Gasteiger partial charge in [-0.3, -0.25) is 38.8 Å². The third kappa shape index (κ3) is 10.9. The Morgan fingerprint density at radius 2 is 0.547 bits per heavy atom. The van der Waals surface area contributed by atoms with Crippen LogP contribution in [-0.4, -0.2) is 122 Å². The minimum Gasteiger partial charge on any atom is -0.457 e. The molecule has 0 spiro atoms. The zero-order valence-electron chi connectivity index (χ0n) is 36.7. The topological polar surface area (TPSA) is 118 Å². The highest BCUT2D eigenvalue weighted by molar-refractivity contribution is 5.74. The Labute approximate surface area is 376 Å². The molecular weight excluding hydrogens is 809 g/mol. The summed E-state index contributed by atoms with van der Waals surface area (Å²) in [6.45, 7) is 4.01. The molecule has 5 aliphatic rings. The molecule has 1 heterocycles. The first kappa shape index (κ1) is 43.8. The molecular formula is C52H60N4O8. The summed E-state index contributed by atoms with van der Waals surface area (Å²) in [5.74, 6) is -1.22. The number of carbonyl (C=O) groups is 4. The number of esters is 4. The van der Waals surface area contributed by atoms with Crippen molar-refractivity contribution < 1.29 is 38.1 Å². The fourth-order valence-corrected chi connectivity index (χ4v) is 10.3. The first-order valence-electron chi connectivity index (χ1n) is 23.3. The van der Waals surface area contributed by atoms with Crippen LogP contribution in [0.4, 0.5) is 0 Å². The van der Waals surface area contributed by atoms with Gasteiger partial charge >= 0.3 is 23.9 Å². The van der Waals surface area contributed by atoms with E-state index in [9.17, 15) is 19.2 Å². The van der Waals surface area contributed by atoms with Crippen molar-refractivity contribution in [2.24, 2.45) is 0 Å². The lowest BCUT2D eigenvalue weighted by Gasteiger charge is -2.33. The predicted molar refractivity (Wildman–Crippen MR) is 240 cm³/mol. The van der Waals surface area contributed by atoms with E-state index in [1.807, 2.05) is 72.8 Å². The van der Waals surface area contributed by atoms with E-state index in [4.69, 9.17) is 18.9 Å². The third-order valence-electron chi connectivity index (χ3n) is 13.7. The van der Waals surface area contributed by atoms with E-state index in [0.29, 0.717) is 52.4 Å². The number of benzene rings is 4. The van der Waals surface area contributed by atoms with Gasteiger partial charge in [0.25, 0.3) is 0 Å². The van der Waals surface area contributed by atoms with Gasteiger partial charge in [-0.15, -0.1) is 0 Å². The van der Waals surface area contributed by atoms with Gasteiger partial charge in [-0.2, -0.15) is 0 Å². The van der Waals surface area contributed by atoms with Gasteiger partial charge in [0, 0.05) is 52.4 Å². The Morgan fingerprint density at radius 3 is 0.766 bits per heavy atom. The Bertz CT molecular complexity index is 1970. The lowest BCUT2D eigenvalue weighted by molar-refractivity contribution is -0.153. The van der Waals surface area contributed by atoms with Crippen LogP contribution in [0.1, 0.15) is 94.6 Å². The summed E-state index contributed by atoms with van der Waals surface area (Å²) in [7, 11) is 0. The normalized spacial score (nSPS) is 22.9. The van der Waals surface area contributed by atoms with Crippen LogP contribution in [0.5, 0.6) is 0 Å². The minimum atomic E-state index is -0.305. The number of aryl methyl sites for hydroxylation is 4. The molecule has 0 unspecified atom stereocenters. The second-order valence-electron chi connectivity index (χ2n) is 18.0. The van der Waals surface area contributed by atoms with E-state index in [1.165, 1.54) is 22.3 Å². The minimum absolute atomic E-state index is 0.0647. The summed E-state index contributed by atoms with van der Waals surface area (Å²) < 4.78 is 24.5. The van der Waals surface area contributed by atoms with Crippen molar-refractivity contribution in [1.29, 1.82) is 0 Å². The maximum absolute atomic E-state index is 13.7. The summed E-state index contributed by atoms with van der Waals surface area (Å²) in [6.07, 6.45) is 5.38. The summed E-state index contributed by atoms with van der Waals surface area (Å²) >= 11 is 0. The smallest absolute Gasteiger partial charge is 0.320 e. The van der Waals surface area contributed by atoms with Crippen LogP contribution in [0.25, 0.3) is 0 Å². The zero-order chi connectivity index (χ0) is 43.8. The molecule has 0 bridgehead atoms. The molecule has 12 nitrogen and oxygen atoms in total. The van der Waals surface area contributed by atoms with E-state index in [-0.39, 0.29) is 74.5 Å². The van der Waals surface area contributed by atoms with Crippen LogP contribution in [-0.2, 0) is 63.8 Å². The van der Waals surface area contributed by atoms with Crippen molar-refractivity contribution in [2.75, 3.05) is 78.5 Å². The highest BCUT2D eigenvalue weighted by Gasteiger charge is 2.31. The van der Waals surface area contributed by atoms with Gasteiger partial charge < -0.3 is 18.9 Å². The van der Waals surface area contributed by atoms with Crippen LogP contribution in [0.2, 0.25) is 0 Å². The predicted octanol–water partition coefficient (Wildman–Crippen LogP) is 6.13. The highest BCUT2D eigenvalue weighted by atomic mass is 16.6. The van der Waals surface area contributed by atoms with Crippen molar-refractivity contribution in [3.8, 4) is 0 Å². The second-order valence-corrected chi connectivity index (χ2v) is 18.0. The van der Waals surface area contributed by atoms with Crippen LogP contribution >= 0.6 is 0 Å². The van der Waals surface area contributed by atoms with E-state index >= 15 is 0 Å². The van der Waals surface area contributed by atoms with Gasteiger partial charge in [-0.05, 0) is 95.9 Å². The standard InChI is InChI=1S/C52H60N4O8/c57-49(61-45-21-17-37-9-1-5-13-41(37)45)33-53-25-27-54(34-50(58)62-46-22-18-38-10-2-6-14-42(38)46)29-31-56(36-52(60)64-48-24-20-40-12-4-8-16-44(40)48)32-30-55(28-26-53)35-51(59)63-47-23-19-39-11-3-7-15-43(39)47/h1-16,45-48H,17-36H2/t45-,46-,47-,48-/m1/s1. The molecule has 4 aliphatic carbocycles. The molecule has 64 heavy (non-hydrogen) atoms. The average Bonchev–Trinajstić information content (AvgIpc) is 4.11. The van der Waals surface area contributed by atoms with E-state index in [2.05, 4.69) is 43.9 Å². The number of hydrogen-bond donors (Lipinski definition) is 0. The largest absolute Gasteiger partial charge is 0.457 e. The Hall–Kier alpha value is -5.40. The second kappa shape index (κ2) is 20.6. The molecule has 4 aromatic rings. The SMILES string of the molecule is O=C(CN1CCN(CC(=O)O[C@@H]2CCc3ccccc32)CCN(CC(=O)O[C@@H]2CCc3ccccc32)CCN(CC(=O)O[C@@H]2CCc3ccccc32)CC1)O[C@@H]1CCc2ccccc21. The van der Waals surface area contributed by atoms with Gasteiger partial charge in [0.1, 0.15) is 24.4 Å². The molecule has 9 rings (SSSR count). The van der Waals surface area contributed by atoms with Crippen LogP contribution < -0.4 is 0 Å². The molecule has 0 radical (unpaired) electrons. The molecule has 1 saturated heterocycles. The molecule has 4 aromatic carbocycles. The Balaban J connectivity index is 0.905.